The third-order valence-corrected chi connectivity index (χ3v) is 4.41. The van der Waals surface area contributed by atoms with Crippen LogP contribution in [-0.2, 0) is 11.2 Å². The van der Waals surface area contributed by atoms with E-state index in [-0.39, 0.29) is 17.9 Å². The number of carbonyl (C=O) groups excluding carboxylic acids is 2. The van der Waals surface area contributed by atoms with Crippen molar-refractivity contribution in [1.82, 2.24) is 15.1 Å². The van der Waals surface area contributed by atoms with Crippen molar-refractivity contribution in [3.63, 3.8) is 0 Å². The molecule has 0 aliphatic carbocycles. The van der Waals surface area contributed by atoms with Crippen molar-refractivity contribution in [3.8, 4) is 5.69 Å². The molecule has 0 atom stereocenters. The Balaban J connectivity index is 1.62. The normalized spacial score (nSPS) is 10.8. The first-order chi connectivity index (χ1) is 13.8. The summed E-state index contributed by atoms with van der Waals surface area (Å²) in [6.07, 6.45) is 0.320. The monoisotopic (exact) mass is 390 g/mol. The zero-order chi connectivity index (χ0) is 21.0. The van der Waals surface area contributed by atoms with E-state index < -0.39 is 0 Å². The number of amides is 2. The second-order valence-corrected chi connectivity index (χ2v) is 7.44. The minimum absolute atomic E-state index is 0.0144. The van der Waals surface area contributed by atoms with Crippen molar-refractivity contribution in [1.29, 1.82) is 0 Å². The van der Waals surface area contributed by atoms with Gasteiger partial charge in [-0.05, 0) is 75.7 Å². The highest BCUT2D eigenvalue weighted by atomic mass is 16.2. The molecule has 6 nitrogen and oxygen atoms in total. The summed E-state index contributed by atoms with van der Waals surface area (Å²) < 4.78 is 1.85. The van der Waals surface area contributed by atoms with E-state index in [2.05, 4.69) is 15.7 Å². The highest BCUT2D eigenvalue weighted by Crippen LogP contribution is 2.15. The molecule has 0 unspecified atom stereocenters. The van der Waals surface area contributed by atoms with Crippen LogP contribution in [0.2, 0.25) is 0 Å². The Kier molecular flexibility index (Phi) is 6.12. The van der Waals surface area contributed by atoms with E-state index >= 15 is 0 Å². The van der Waals surface area contributed by atoms with Crippen LogP contribution in [0.3, 0.4) is 0 Å². The van der Waals surface area contributed by atoms with Crippen LogP contribution in [0, 0.1) is 13.8 Å². The molecule has 1 aromatic heterocycles. The average Bonchev–Trinajstić information content (AvgIpc) is 3.01. The third-order valence-electron chi connectivity index (χ3n) is 4.41. The van der Waals surface area contributed by atoms with E-state index in [0.717, 1.165) is 22.6 Å². The van der Waals surface area contributed by atoms with Crippen molar-refractivity contribution in [2.75, 3.05) is 5.32 Å². The Morgan fingerprint density at radius 1 is 1.00 bits per heavy atom. The number of aromatic nitrogens is 2. The topological polar surface area (TPSA) is 76.0 Å². The van der Waals surface area contributed by atoms with Crippen LogP contribution >= 0.6 is 0 Å². The van der Waals surface area contributed by atoms with Crippen LogP contribution in [-0.4, -0.2) is 27.6 Å². The third kappa shape index (κ3) is 5.31. The SMILES string of the molecule is Cc1cc(C)n(-c2ccc(C(=O)Nc3ccc(CC(=O)NC(C)C)cc3)cc2)n1. The molecule has 150 valence electrons. The van der Waals surface area contributed by atoms with Gasteiger partial charge in [-0.15, -0.1) is 0 Å². The second kappa shape index (κ2) is 8.73. The van der Waals surface area contributed by atoms with Crippen molar-refractivity contribution in [2.24, 2.45) is 0 Å². The predicted octanol–water partition coefficient (Wildman–Crippen LogP) is 3.81. The average molecular weight is 390 g/mol. The van der Waals surface area contributed by atoms with E-state index in [0.29, 0.717) is 17.7 Å². The van der Waals surface area contributed by atoms with Crippen molar-refractivity contribution in [2.45, 2.75) is 40.2 Å². The number of aryl methyl sites for hydroxylation is 2. The Labute approximate surface area is 170 Å². The van der Waals surface area contributed by atoms with Gasteiger partial charge in [-0.2, -0.15) is 5.10 Å². The highest BCUT2D eigenvalue weighted by molar-refractivity contribution is 6.04. The first kappa shape index (κ1) is 20.3. The standard InChI is InChI=1S/C23H26N4O2/c1-15(2)24-22(28)14-18-5-9-20(10-6-18)25-23(29)19-7-11-21(12-8-19)27-17(4)13-16(3)26-27/h5-13,15H,14H2,1-4H3,(H,24,28)(H,25,29). The molecule has 2 N–H and O–H groups in total. The molecule has 0 saturated heterocycles. The number of hydrogen-bond donors (Lipinski definition) is 2. The van der Waals surface area contributed by atoms with Gasteiger partial charge < -0.3 is 10.6 Å². The molecule has 0 bridgehead atoms. The molecule has 2 amide bonds. The summed E-state index contributed by atoms with van der Waals surface area (Å²) in [5.41, 5.74) is 5.06. The summed E-state index contributed by atoms with van der Waals surface area (Å²) in [4.78, 5) is 24.4. The maximum atomic E-state index is 12.5. The molecule has 0 saturated carbocycles. The summed E-state index contributed by atoms with van der Waals surface area (Å²) in [6, 6.07) is 16.8. The van der Waals surface area contributed by atoms with E-state index in [1.165, 1.54) is 0 Å². The Bertz CT molecular complexity index is 1000. The van der Waals surface area contributed by atoms with Crippen LogP contribution in [0.4, 0.5) is 5.69 Å². The van der Waals surface area contributed by atoms with E-state index in [1.807, 2.05) is 62.7 Å². The summed E-state index contributed by atoms with van der Waals surface area (Å²) in [5, 5.41) is 10.2. The van der Waals surface area contributed by atoms with Crippen molar-refractivity contribution < 1.29 is 9.59 Å². The zero-order valence-corrected chi connectivity index (χ0v) is 17.2. The molecule has 0 spiro atoms. The Hall–Kier alpha value is -3.41. The lowest BCUT2D eigenvalue weighted by Crippen LogP contribution is -2.31. The molecule has 3 aromatic rings. The first-order valence-corrected chi connectivity index (χ1v) is 9.65. The lowest BCUT2D eigenvalue weighted by molar-refractivity contribution is -0.120. The van der Waals surface area contributed by atoms with Gasteiger partial charge in [0.05, 0.1) is 17.8 Å². The van der Waals surface area contributed by atoms with Gasteiger partial charge in [0, 0.05) is 23.0 Å². The zero-order valence-electron chi connectivity index (χ0n) is 17.2. The van der Waals surface area contributed by atoms with Crippen LogP contribution in [0.25, 0.3) is 5.69 Å². The smallest absolute Gasteiger partial charge is 0.255 e. The van der Waals surface area contributed by atoms with Gasteiger partial charge in [0.15, 0.2) is 0 Å². The van der Waals surface area contributed by atoms with Crippen LogP contribution in [0.5, 0.6) is 0 Å². The Morgan fingerprint density at radius 3 is 2.21 bits per heavy atom. The number of nitrogens with zero attached hydrogens (tertiary/aromatic N) is 2. The molecule has 0 aliphatic rings. The number of anilines is 1. The highest BCUT2D eigenvalue weighted by Gasteiger charge is 2.09. The van der Waals surface area contributed by atoms with Gasteiger partial charge in [-0.3, -0.25) is 9.59 Å². The van der Waals surface area contributed by atoms with E-state index in [9.17, 15) is 9.59 Å². The second-order valence-electron chi connectivity index (χ2n) is 7.44. The molecule has 29 heavy (non-hydrogen) atoms. The number of nitrogens with one attached hydrogen (secondary N) is 2. The van der Waals surface area contributed by atoms with Crippen molar-refractivity contribution >= 4 is 17.5 Å². The van der Waals surface area contributed by atoms with Gasteiger partial charge in [-0.1, -0.05) is 12.1 Å². The minimum Gasteiger partial charge on any atom is -0.354 e. The van der Waals surface area contributed by atoms with Crippen LogP contribution in [0.15, 0.2) is 54.6 Å². The van der Waals surface area contributed by atoms with Crippen LogP contribution < -0.4 is 10.6 Å². The summed E-state index contributed by atoms with van der Waals surface area (Å²) in [5.74, 6) is -0.199. The van der Waals surface area contributed by atoms with Gasteiger partial charge >= 0.3 is 0 Å². The van der Waals surface area contributed by atoms with E-state index in [4.69, 9.17) is 0 Å². The fourth-order valence-electron chi connectivity index (χ4n) is 3.11. The lowest BCUT2D eigenvalue weighted by Gasteiger charge is -2.10. The lowest BCUT2D eigenvalue weighted by atomic mass is 10.1. The molecule has 0 radical (unpaired) electrons. The molecule has 2 aromatic carbocycles. The number of hydrogen-bond acceptors (Lipinski definition) is 3. The molecule has 1 heterocycles. The largest absolute Gasteiger partial charge is 0.354 e. The number of benzene rings is 2. The molecule has 0 aliphatic heterocycles. The maximum absolute atomic E-state index is 12.5. The van der Waals surface area contributed by atoms with Crippen molar-refractivity contribution in [3.05, 3.63) is 77.1 Å². The van der Waals surface area contributed by atoms with Gasteiger partial charge in [-0.25, -0.2) is 4.68 Å². The van der Waals surface area contributed by atoms with E-state index in [1.54, 1.807) is 24.3 Å². The quantitative estimate of drug-likeness (QED) is 0.672. The summed E-state index contributed by atoms with van der Waals surface area (Å²) >= 11 is 0. The predicted molar refractivity (Wildman–Crippen MR) is 114 cm³/mol. The van der Waals surface area contributed by atoms with Gasteiger partial charge in [0.2, 0.25) is 5.91 Å². The molecule has 6 heteroatoms. The fourth-order valence-corrected chi connectivity index (χ4v) is 3.11. The van der Waals surface area contributed by atoms with Gasteiger partial charge in [0.1, 0.15) is 0 Å². The maximum Gasteiger partial charge on any atom is 0.255 e. The number of rotatable bonds is 6. The van der Waals surface area contributed by atoms with Crippen LogP contribution in [0.1, 0.15) is 41.2 Å². The Morgan fingerprint density at radius 2 is 1.66 bits per heavy atom. The van der Waals surface area contributed by atoms with Gasteiger partial charge in [0.25, 0.3) is 5.91 Å². The fraction of sp³-hybridized carbons (Fsp3) is 0.261. The molecular formula is C23H26N4O2. The first-order valence-electron chi connectivity index (χ1n) is 9.65. The minimum atomic E-state index is -0.185. The molecule has 3 rings (SSSR count). The number of carbonyl (C=O) groups is 2. The summed E-state index contributed by atoms with van der Waals surface area (Å²) in [7, 11) is 0. The summed E-state index contributed by atoms with van der Waals surface area (Å²) in [6.45, 7) is 7.81. The molecular weight excluding hydrogens is 364 g/mol. The molecule has 0 fully saturated rings.